The highest BCUT2D eigenvalue weighted by Crippen LogP contribution is 2.32. The van der Waals surface area contributed by atoms with Crippen LogP contribution in [0.2, 0.25) is 0 Å². The summed E-state index contributed by atoms with van der Waals surface area (Å²) < 4.78 is 16.5. The van der Waals surface area contributed by atoms with Crippen molar-refractivity contribution < 1.29 is 18.8 Å². The van der Waals surface area contributed by atoms with Gasteiger partial charge in [0.2, 0.25) is 0 Å². The number of carbonyl (C=O) groups excluding carboxylic acids is 1. The lowest BCUT2D eigenvalue weighted by atomic mass is 10.0. The largest absolute Gasteiger partial charge is 0.484 e. The van der Waals surface area contributed by atoms with Crippen molar-refractivity contribution in [1.29, 1.82) is 0 Å². The maximum atomic E-state index is 12.0. The zero-order chi connectivity index (χ0) is 20.8. The molecule has 1 N–H and O–H groups in total. The van der Waals surface area contributed by atoms with Crippen LogP contribution in [0.4, 0.5) is 0 Å². The minimum Gasteiger partial charge on any atom is -0.484 e. The summed E-state index contributed by atoms with van der Waals surface area (Å²) in [6.45, 7) is 3.35. The molecule has 1 aliphatic rings. The molecule has 3 aromatic rings. The number of rotatable bonds is 7. The molecule has 1 aromatic heterocycles. The maximum absolute atomic E-state index is 12.0. The Labute approximate surface area is 176 Å². The van der Waals surface area contributed by atoms with Gasteiger partial charge >= 0.3 is 0 Å². The number of hydrogen-bond acceptors (Lipinski definition) is 5. The first-order valence-corrected chi connectivity index (χ1v) is 10.3. The van der Waals surface area contributed by atoms with E-state index in [0.29, 0.717) is 12.3 Å². The van der Waals surface area contributed by atoms with Gasteiger partial charge in [0.1, 0.15) is 17.7 Å². The molecule has 0 aliphatic carbocycles. The quantitative estimate of drug-likeness (QED) is 0.630. The molecule has 1 fully saturated rings. The van der Waals surface area contributed by atoms with E-state index in [0.717, 1.165) is 48.3 Å². The van der Waals surface area contributed by atoms with Crippen LogP contribution in [0.25, 0.3) is 22.4 Å². The van der Waals surface area contributed by atoms with Gasteiger partial charge in [0.05, 0.1) is 6.10 Å². The van der Waals surface area contributed by atoms with Gasteiger partial charge in [-0.3, -0.25) is 4.79 Å². The van der Waals surface area contributed by atoms with Crippen molar-refractivity contribution in [2.45, 2.75) is 32.3 Å². The first kappa shape index (κ1) is 20.2. The minimum absolute atomic E-state index is 0.0232. The number of amides is 1. The van der Waals surface area contributed by atoms with Gasteiger partial charge in [-0.05, 0) is 56.0 Å². The van der Waals surface area contributed by atoms with Crippen molar-refractivity contribution >= 4 is 5.91 Å². The summed E-state index contributed by atoms with van der Waals surface area (Å²) in [5, 5.41) is 7.05. The maximum Gasteiger partial charge on any atom is 0.258 e. The monoisotopic (exact) mass is 406 g/mol. The molecule has 1 saturated heterocycles. The summed E-state index contributed by atoms with van der Waals surface area (Å²) in [7, 11) is 0. The lowest BCUT2D eigenvalue weighted by Crippen LogP contribution is -2.37. The Kier molecular flexibility index (Phi) is 6.44. The third-order valence-electron chi connectivity index (χ3n) is 5.20. The van der Waals surface area contributed by atoms with E-state index in [4.69, 9.17) is 14.0 Å². The number of aryl methyl sites for hydroxylation is 1. The van der Waals surface area contributed by atoms with E-state index in [1.165, 1.54) is 5.56 Å². The lowest BCUT2D eigenvalue weighted by Gasteiger charge is -2.22. The molecule has 0 radical (unpaired) electrons. The molecular weight excluding hydrogens is 380 g/mol. The number of nitrogens with zero attached hydrogens (tertiary/aromatic N) is 1. The SMILES string of the molecule is Cc1cccc(-c2conc2-c2ccc(OCC(=O)NCC3CCCCO3)cc2)c1. The molecule has 2 heterocycles. The van der Waals surface area contributed by atoms with Crippen LogP contribution in [-0.2, 0) is 9.53 Å². The van der Waals surface area contributed by atoms with Gasteiger partial charge in [-0.15, -0.1) is 0 Å². The van der Waals surface area contributed by atoms with Gasteiger partial charge in [0.15, 0.2) is 6.61 Å². The molecule has 6 nitrogen and oxygen atoms in total. The Morgan fingerprint density at radius 2 is 2.03 bits per heavy atom. The number of nitrogens with one attached hydrogen (secondary N) is 1. The highest BCUT2D eigenvalue weighted by atomic mass is 16.5. The van der Waals surface area contributed by atoms with Crippen LogP contribution in [-0.4, -0.2) is 36.9 Å². The van der Waals surface area contributed by atoms with Crippen molar-refractivity contribution in [3.05, 3.63) is 60.4 Å². The van der Waals surface area contributed by atoms with E-state index in [9.17, 15) is 4.79 Å². The van der Waals surface area contributed by atoms with E-state index in [1.54, 1.807) is 6.26 Å². The Morgan fingerprint density at radius 3 is 2.80 bits per heavy atom. The zero-order valence-corrected chi connectivity index (χ0v) is 17.1. The van der Waals surface area contributed by atoms with E-state index >= 15 is 0 Å². The normalized spacial score (nSPS) is 16.2. The van der Waals surface area contributed by atoms with Crippen molar-refractivity contribution in [2.75, 3.05) is 19.8 Å². The van der Waals surface area contributed by atoms with E-state index in [-0.39, 0.29) is 18.6 Å². The Bertz CT molecular complexity index is 975. The fourth-order valence-electron chi connectivity index (χ4n) is 3.57. The summed E-state index contributed by atoms with van der Waals surface area (Å²) in [5.41, 5.74) is 4.88. The third-order valence-corrected chi connectivity index (χ3v) is 5.20. The summed E-state index contributed by atoms with van der Waals surface area (Å²) in [5.74, 6) is 0.481. The van der Waals surface area contributed by atoms with Crippen LogP contribution in [0.1, 0.15) is 24.8 Å². The van der Waals surface area contributed by atoms with E-state index in [2.05, 4.69) is 29.5 Å². The molecule has 0 spiro atoms. The van der Waals surface area contributed by atoms with Crippen LogP contribution >= 0.6 is 0 Å². The van der Waals surface area contributed by atoms with Gasteiger partial charge in [0, 0.05) is 24.3 Å². The first-order chi connectivity index (χ1) is 14.7. The van der Waals surface area contributed by atoms with Gasteiger partial charge < -0.3 is 19.3 Å². The second-order valence-electron chi connectivity index (χ2n) is 7.55. The van der Waals surface area contributed by atoms with Crippen molar-refractivity contribution in [3.63, 3.8) is 0 Å². The standard InChI is InChI=1S/C24H26N2O4/c1-17-5-4-6-19(13-17)22-15-30-26-24(22)18-8-10-20(11-9-18)29-16-23(27)25-14-21-7-2-3-12-28-21/h4-6,8-11,13,15,21H,2-3,7,12,14,16H2,1H3,(H,25,27). The molecule has 1 amide bonds. The number of hydrogen-bond donors (Lipinski definition) is 1. The van der Waals surface area contributed by atoms with E-state index in [1.807, 2.05) is 36.4 Å². The van der Waals surface area contributed by atoms with Crippen LogP contribution in [0.3, 0.4) is 0 Å². The molecule has 156 valence electrons. The first-order valence-electron chi connectivity index (χ1n) is 10.3. The summed E-state index contributed by atoms with van der Waals surface area (Å²) in [4.78, 5) is 12.0. The van der Waals surface area contributed by atoms with Crippen LogP contribution in [0.5, 0.6) is 5.75 Å². The van der Waals surface area contributed by atoms with Crippen LogP contribution in [0.15, 0.2) is 59.3 Å². The van der Waals surface area contributed by atoms with Crippen LogP contribution in [0, 0.1) is 6.92 Å². The van der Waals surface area contributed by atoms with Crippen LogP contribution < -0.4 is 10.1 Å². The predicted molar refractivity (Wildman–Crippen MR) is 114 cm³/mol. The number of aromatic nitrogens is 1. The molecule has 1 unspecified atom stereocenters. The lowest BCUT2D eigenvalue weighted by molar-refractivity contribution is -0.124. The zero-order valence-electron chi connectivity index (χ0n) is 17.1. The molecule has 4 rings (SSSR count). The topological polar surface area (TPSA) is 73.6 Å². The molecule has 1 aliphatic heterocycles. The Balaban J connectivity index is 1.34. The van der Waals surface area contributed by atoms with E-state index < -0.39 is 0 Å². The average Bonchev–Trinajstić information content (AvgIpc) is 3.27. The molecular formula is C24H26N2O4. The average molecular weight is 406 g/mol. The summed E-state index contributed by atoms with van der Waals surface area (Å²) in [6, 6.07) is 15.7. The number of benzene rings is 2. The molecule has 0 saturated carbocycles. The molecule has 6 heteroatoms. The minimum atomic E-state index is -0.147. The van der Waals surface area contributed by atoms with Gasteiger partial charge in [-0.25, -0.2) is 0 Å². The Hall–Kier alpha value is -3.12. The fourth-order valence-corrected chi connectivity index (χ4v) is 3.57. The second kappa shape index (κ2) is 9.59. The molecule has 30 heavy (non-hydrogen) atoms. The van der Waals surface area contributed by atoms with Gasteiger partial charge in [-0.2, -0.15) is 0 Å². The highest BCUT2D eigenvalue weighted by Gasteiger charge is 2.15. The highest BCUT2D eigenvalue weighted by molar-refractivity contribution is 5.80. The fraction of sp³-hybridized carbons (Fsp3) is 0.333. The van der Waals surface area contributed by atoms with Crippen molar-refractivity contribution in [3.8, 4) is 28.1 Å². The number of ether oxygens (including phenoxy) is 2. The number of carbonyl (C=O) groups is 1. The van der Waals surface area contributed by atoms with Crippen molar-refractivity contribution in [1.82, 2.24) is 10.5 Å². The molecule has 1 atom stereocenters. The smallest absolute Gasteiger partial charge is 0.258 e. The summed E-state index contributed by atoms with van der Waals surface area (Å²) >= 11 is 0. The second-order valence-corrected chi connectivity index (χ2v) is 7.55. The molecule has 2 aromatic carbocycles. The van der Waals surface area contributed by atoms with Crippen molar-refractivity contribution in [2.24, 2.45) is 0 Å². The summed E-state index contributed by atoms with van der Waals surface area (Å²) in [6.07, 6.45) is 5.03. The predicted octanol–water partition coefficient (Wildman–Crippen LogP) is 4.38. The van der Waals surface area contributed by atoms with Gasteiger partial charge in [-0.1, -0.05) is 35.0 Å². The Morgan fingerprint density at radius 1 is 1.17 bits per heavy atom. The third kappa shape index (κ3) is 5.07. The molecule has 0 bridgehead atoms. The van der Waals surface area contributed by atoms with Gasteiger partial charge in [0.25, 0.3) is 5.91 Å².